The lowest BCUT2D eigenvalue weighted by atomic mass is 9.39. The summed E-state index contributed by atoms with van der Waals surface area (Å²) in [6, 6.07) is 21.1. The van der Waals surface area contributed by atoms with E-state index in [0.717, 1.165) is 12.9 Å². The van der Waals surface area contributed by atoms with Crippen LogP contribution in [0.4, 0.5) is 0 Å². The van der Waals surface area contributed by atoms with E-state index < -0.39 is 0 Å². The summed E-state index contributed by atoms with van der Waals surface area (Å²) in [7, 11) is 0. The van der Waals surface area contributed by atoms with Crippen molar-refractivity contribution in [1.82, 2.24) is 9.55 Å². The van der Waals surface area contributed by atoms with E-state index in [1.807, 2.05) is 35.0 Å². The number of hydrogen-bond donors (Lipinski definition) is 0. The van der Waals surface area contributed by atoms with Gasteiger partial charge in [-0.05, 0) is 11.9 Å². The van der Waals surface area contributed by atoms with Gasteiger partial charge in [0.15, 0.2) is 0 Å². The fourth-order valence-corrected chi connectivity index (χ4v) is 2.76. The summed E-state index contributed by atoms with van der Waals surface area (Å²) in [6.45, 7) is 1.18. The van der Waals surface area contributed by atoms with Crippen molar-refractivity contribution in [3.8, 4) is 0 Å². The molecule has 3 rings (SSSR count). The summed E-state index contributed by atoms with van der Waals surface area (Å²) >= 11 is 10.9. The smallest absolute Gasteiger partial charge is 0.213 e. The number of allylic oxidation sites excluding steroid dienone is 2. The number of aromatic nitrogens is 2. The first-order valence-electron chi connectivity index (χ1n) is 8.41. The zero-order valence-corrected chi connectivity index (χ0v) is 16.0. The van der Waals surface area contributed by atoms with Gasteiger partial charge in [-0.2, -0.15) is 0 Å². The van der Waals surface area contributed by atoms with Gasteiger partial charge < -0.3 is 4.57 Å². The van der Waals surface area contributed by atoms with Crippen molar-refractivity contribution >= 4 is 40.8 Å². The molecule has 0 unspecified atom stereocenters. The Morgan fingerprint density at radius 2 is 1.42 bits per heavy atom. The minimum atomic E-state index is 0.382. The first kappa shape index (κ1) is 20.1. The first-order chi connectivity index (χ1) is 12.8. The van der Waals surface area contributed by atoms with E-state index in [4.69, 9.17) is 23.2 Å². The highest BCUT2D eigenvalue weighted by Gasteiger charge is 2.16. The van der Waals surface area contributed by atoms with E-state index in [9.17, 15) is 0 Å². The third-order valence-electron chi connectivity index (χ3n) is 3.83. The Morgan fingerprint density at radius 1 is 0.846 bits per heavy atom. The maximum Gasteiger partial charge on any atom is 0.213 e. The maximum absolute atomic E-state index is 5.64. The standard InChI is InChI=1S/C15H14BCl.C6H7ClN2/c17-13-7-12-16(14-8-3-1-4-9-14)15-10-5-2-6-11-15;7-2-1-4-9-5-3-8-6-9/h1-11,13H,12H2;1-3,5-6H,4H2. The SMILES string of the molecule is ClC=CCB(c1ccccc1)c1ccccc1.ClC=CCn1ccnc1. The number of hydrogen-bond acceptors (Lipinski definition) is 1. The second kappa shape index (κ2) is 12.2. The van der Waals surface area contributed by atoms with Crippen LogP contribution in [0.1, 0.15) is 0 Å². The molecule has 3 aromatic rings. The summed E-state index contributed by atoms with van der Waals surface area (Å²) in [6.07, 6.45) is 10.2. The van der Waals surface area contributed by atoms with Gasteiger partial charge in [-0.25, -0.2) is 4.98 Å². The van der Waals surface area contributed by atoms with Crippen LogP contribution >= 0.6 is 23.2 Å². The lowest BCUT2D eigenvalue weighted by molar-refractivity contribution is 0.821. The third kappa shape index (κ3) is 6.95. The number of halogens is 2. The van der Waals surface area contributed by atoms with Crippen LogP contribution in [-0.4, -0.2) is 16.3 Å². The van der Waals surface area contributed by atoms with Gasteiger partial charge >= 0.3 is 0 Å². The largest absolute Gasteiger partial charge is 0.334 e. The van der Waals surface area contributed by atoms with Crippen molar-refractivity contribution in [2.24, 2.45) is 0 Å². The van der Waals surface area contributed by atoms with E-state index in [0.29, 0.717) is 6.71 Å². The van der Waals surface area contributed by atoms with Crippen LogP contribution in [0.2, 0.25) is 6.32 Å². The van der Waals surface area contributed by atoms with Gasteiger partial charge in [-0.3, -0.25) is 0 Å². The van der Waals surface area contributed by atoms with Crippen LogP contribution in [0.25, 0.3) is 0 Å². The molecule has 1 aromatic heterocycles. The summed E-state index contributed by atoms with van der Waals surface area (Å²) in [5.74, 6) is 0. The molecule has 0 radical (unpaired) electrons. The lowest BCUT2D eigenvalue weighted by Crippen LogP contribution is -2.41. The summed E-state index contributed by atoms with van der Waals surface area (Å²) < 4.78 is 1.93. The highest BCUT2D eigenvalue weighted by molar-refractivity contribution is 6.85. The zero-order valence-electron chi connectivity index (χ0n) is 14.5. The Bertz CT molecular complexity index is 733. The molecule has 0 spiro atoms. The fraction of sp³-hybridized carbons (Fsp3) is 0.0952. The van der Waals surface area contributed by atoms with Crippen molar-refractivity contribution in [2.75, 3.05) is 0 Å². The molecule has 0 aliphatic heterocycles. The van der Waals surface area contributed by atoms with Crippen molar-refractivity contribution in [1.29, 1.82) is 0 Å². The molecule has 0 aliphatic rings. The average molecular weight is 383 g/mol. The zero-order chi connectivity index (χ0) is 18.5. The van der Waals surface area contributed by atoms with Gasteiger partial charge in [-0.15, -0.1) is 0 Å². The molecule has 0 atom stereocenters. The van der Waals surface area contributed by atoms with Crippen LogP contribution in [-0.2, 0) is 6.54 Å². The lowest BCUT2D eigenvalue weighted by Gasteiger charge is -2.12. The highest BCUT2D eigenvalue weighted by Crippen LogP contribution is 2.00. The highest BCUT2D eigenvalue weighted by atomic mass is 35.5. The molecule has 0 bridgehead atoms. The van der Waals surface area contributed by atoms with Gasteiger partial charge in [0, 0.05) is 24.5 Å². The summed E-state index contributed by atoms with van der Waals surface area (Å²) in [5.41, 5.74) is 5.75. The molecule has 1 heterocycles. The second-order valence-electron chi connectivity index (χ2n) is 5.59. The molecule has 0 saturated carbocycles. The molecule has 132 valence electrons. The number of nitrogens with zero attached hydrogens (tertiary/aromatic N) is 2. The van der Waals surface area contributed by atoms with Crippen LogP contribution in [0.5, 0.6) is 0 Å². The fourth-order valence-electron chi connectivity index (χ4n) is 2.58. The molecule has 2 nitrogen and oxygen atoms in total. The van der Waals surface area contributed by atoms with E-state index in [1.165, 1.54) is 16.5 Å². The van der Waals surface area contributed by atoms with Crippen LogP contribution in [0.15, 0.2) is 103 Å². The Morgan fingerprint density at radius 3 is 1.88 bits per heavy atom. The van der Waals surface area contributed by atoms with E-state index in [1.54, 1.807) is 18.1 Å². The van der Waals surface area contributed by atoms with Crippen LogP contribution in [0.3, 0.4) is 0 Å². The Balaban J connectivity index is 0.000000228. The molecule has 0 amide bonds. The number of rotatable bonds is 6. The van der Waals surface area contributed by atoms with Gasteiger partial charge in [-0.1, -0.05) is 107 Å². The van der Waals surface area contributed by atoms with E-state index >= 15 is 0 Å². The van der Waals surface area contributed by atoms with Crippen molar-refractivity contribution in [3.05, 3.63) is 103 Å². The molecule has 0 aliphatic carbocycles. The van der Waals surface area contributed by atoms with Gasteiger partial charge in [0.25, 0.3) is 0 Å². The molecule has 2 aromatic carbocycles. The molecule has 0 fully saturated rings. The average Bonchev–Trinajstić information content (AvgIpc) is 3.22. The summed E-state index contributed by atoms with van der Waals surface area (Å²) in [5, 5.41) is 0. The predicted octanol–water partition coefficient (Wildman–Crippen LogP) is 4.68. The normalized spacial score (nSPS) is 10.7. The quantitative estimate of drug-likeness (QED) is 0.565. The monoisotopic (exact) mass is 382 g/mol. The minimum Gasteiger partial charge on any atom is -0.334 e. The first-order valence-corrected chi connectivity index (χ1v) is 9.28. The Hall–Kier alpha value is -2.23. The molecule has 5 heteroatoms. The summed E-state index contributed by atoms with van der Waals surface area (Å²) in [4.78, 5) is 3.86. The second-order valence-corrected chi connectivity index (χ2v) is 6.10. The topological polar surface area (TPSA) is 17.8 Å². The number of benzene rings is 2. The Kier molecular flexibility index (Phi) is 9.41. The predicted molar refractivity (Wildman–Crippen MR) is 115 cm³/mol. The van der Waals surface area contributed by atoms with E-state index in [2.05, 4.69) is 53.5 Å². The third-order valence-corrected chi connectivity index (χ3v) is 4.19. The van der Waals surface area contributed by atoms with Crippen molar-refractivity contribution in [2.45, 2.75) is 12.9 Å². The van der Waals surface area contributed by atoms with Crippen molar-refractivity contribution in [3.63, 3.8) is 0 Å². The van der Waals surface area contributed by atoms with Gasteiger partial charge in [0.2, 0.25) is 6.71 Å². The Labute approximate surface area is 165 Å². The number of imidazole rings is 1. The van der Waals surface area contributed by atoms with Crippen LogP contribution < -0.4 is 10.9 Å². The molecular weight excluding hydrogens is 362 g/mol. The molecular formula is C21H21BCl2N2. The minimum absolute atomic E-state index is 0.382. The molecule has 0 saturated heterocycles. The van der Waals surface area contributed by atoms with Gasteiger partial charge in [0.05, 0.1) is 6.33 Å². The maximum atomic E-state index is 5.64. The van der Waals surface area contributed by atoms with Gasteiger partial charge in [0.1, 0.15) is 0 Å². The van der Waals surface area contributed by atoms with Crippen molar-refractivity contribution < 1.29 is 0 Å². The molecule has 0 N–H and O–H groups in total. The van der Waals surface area contributed by atoms with Crippen LogP contribution in [0, 0.1) is 0 Å². The van der Waals surface area contributed by atoms with E-state index in [-0.39, 0.29) is 0 Å². The molecule has 26 heavy (non-hydrogen) atoms.